The number of rotatable bonds is 7. The van der Waals surface area contributed by atoms with E-state index in [-0.39, 0.29) is 18.0 Å². The zero-order chi connectivity index (χ0) is 25.4. The first-order valence-electron chi connectivity index (χ1n) is 10.9. The average molecular weight is 529 g/mol. The number of methoxy groups -OCH3 is 2. The molecule has 12 heteroatoms. The molecule has 36 heavy (non-hydrogen) atoms. The van der Waals surface area contributed by atoms with Crippen LogP contribution in [-0.4, -0.2) is 65.0 Å². The van der Waals surface area contributed by atoms with Gasteiger partial charge in [-0.3, -0.25) is 4.79 Å². The first-order valence-corrected chi connectivity index (χ1v) is 11.7. The summed E-state index contributed by atoms with van der Waals surface area (Å²) in [6.07, 6.45) is 4.41. The lowest BCUT2D eigenvalue weighted by atomic mass is 10.0. The molecular weight excluding hydrogens is 507 g/mol. The van der Waals surface area contributed by atoms with Gasteiger partial charge in [0.05, 0.1) is 55.1 Å². The highest BCUT2D eigenvalue weighted by atomic mass is 35.5. The van der Waals surface area contributed by atoms with Gasteiger partial charge in [0.25, 0.3) is 0 Å². The van der Waals surface area contributed by atoms with Gasteiger partial charge in [-0.2, -0.15) is 5.10 Å². The summed E-state index contributed by atoms with van der Waals surface area (Å²) in [7, 11) is 3.04. The van der Waals surface area contributed by atoms with Gasteiger partial charge in [-0.1, -0.05) is 29.8 Å². The normalized spacial score (nSPS) is 17.3. The SMILES string of the molecule is C=CC(=O)NC1COCC1Nc1cc2c(cn1)cc(-c1c(Cl)c(OC)cc(OC)c1Cl)c1ncnn12. The molecule has 1 aliphatic heterocycles. The first-order chi connectivity index (χ1) is 17.4. The molecule has 10 nitrogen and oxygen atoms in total. The second kappa shape index (κ2) is 9.81. The van der Waals surface area contributed by atoms with Crippen molar-refractivity contribution < 1.29 is 19.0 Å². The molecule has 4 aromatic rings. The number of carbonyl (C=O) groups is 1. The zero-order valence-electron chi connectivity index (χ0n) is 19.4. The van der Waals surface area contributed by atoms with Crippen molar-refractivity contribution in [3.05, 3.63) is 53.4 Å². The van der Waals surface area contributed by atoms with E-state index in [0.717, 1.165) is 10.9 Å². The van der Waals surface area contributed by atoms with E-state index in [2.05, 4.69) is 32.3 Å². The monoisotopic (exact) mass is 528 g/mol. The Morgan fingerprint density at radius 2 is 1.86 bits per heavy atom. The molecule has 5 rings (SSSR count). The average Bonchev–Trinajstić information content (AvgIpc) is 3.54. The lowest BCUT2D eigenvalue weighted by Gasteiger charge is -2.20. The van der Waals surface area contributed by atoms with E-state index >= 15 is 0 Å². The van der Waals surface area contributed by atoms with Gasteiger partial charge in [0.1, 0.15) is 23.6 Å². The van der Waals surface area contributed by atoms with E-state index in [1.165, 1.54) is 26.6 Å². The largest absolute Gasteiger partial charge is 0.495 e. The van der Waals surface area contributed by atoms with E-state index in [9.17, 15) is 4.79 Å². The van der Waals surface area contributed by atoms with Crippen molar-refractivity contribution in [3.8, 4) is 22.6 Å². The lowest BCUT2D eigenvalue weighted by molar-refractivity contribution is -0.117. The maximum absolute atomic E-state index is 11.8. The van der Waals surface area contributed by atoms with Gasteiger partial charge in [0.2, 0.25) is 5.91 Å². The summed E-state index contributed by atoms with van der Waals surface area (Å²) in [4.78, 5) is 20.8. The molecule has 1 aliphatic rings. The third-order valence-electron chi connectivity index (χ3n) is 6.00. The van der Waals surface area contributed by atoms with Crippen LogP contribution >= 0.6 is 23.2 Å². The number of amides is 1. The molecule has 186 valence electrons. The van der Waals surface area contributed by atoms with Crippen molar-refractivity contribution in [2.75, 3.05) is 32.8 Å². The Hall–Kier alpha value is -3.60. The van der Waals surface area contributed by atoms with E-state index in [1.807, 2.05) is 12.1 Å². The minimum absolute atomic E-state index is 0.161. The van der Waals surface area contributed by atoms with Gasteiger partial charge in [0, 0.05) is 34.8 Å². The highest BCUT2D eigenvalue weighted by molar-refractivity contribution is 6.41. The van der Waals surface area contributed by atoms with E-state index < -0.39 is 0 Å². The Morgan fingerprint density at radius 1 is 1.14 bits per heavy atom. The molecular formula is C24H22Cl2N6O4. The highest BCUT2D eigenvalue weighted by Crippen LogP contribution is 2.47. The van der Waals surface area contributed by atoms with Gasteiger partial charge in [-0.25, -0.2) is 14.5 Å². The first kappa shape index (κ1) is 24.1. The van der Waals surface area contributed by atoms with E-state index in [4.69, 9.17) is 37.4 Å². The molecule has 2 atom stereocenters. The van der Waals surface area contributed by atoms with Gasteiger partial charge < -0.3 is 24.8 Å². The smallest absolute Gasteiger partial charge is 0.243 e. The summed E-state index contributed by atoms with van der Waals surface area (Å²) in [5, 5.41) is 12.1. The maximum atomic E-state index is 11.8. The number of nitrogens with zero attached hydrogens (tertiary/aromatic N) is 4. The summed E-state index contributed by atoms with van der Waals surface area (Å²) >= 11 is 13.4. The molecule has 2 N–H and O–H groups in total. The highest BCUT2D eigenvalue weighted by Gasteiger charge is 2.29. The van der Waals surface area contributed by atoms with Crippen molar-refractivity contribution in [2.45, 2.75) is 12.1 Å². The Bertz CT molecular complexity index is 1460. The minimum Gasteiger partial charge on any atom is -0.495 e. The third kappa shape index (κ3) is 4.17. The molecule has 1 fully saturated rings. The molecule has 2 unspecified atom stereocenters. The van der Waals surface area contributed by atoms with Crippen LogP contribution in [0.1, 0.15) is 0 Å². The fraction of sp³-hybridized carbons (Fsp3) is 0.250. The molecule has 1 amide bonds. The molecule has 1 aromatic carbocycles. The number of benzene rings is 1. The van der Waals surface area contributed by atoms with Gasteiger partial charge >= 0.3 is 0 Å². The molecule has 1 saturated heterocycles. The van der Waals surface area contributed by atoms with Gasteiger partial charge in [-0.05, 0) is 12.1 Å². The maximum Gasteiger partial charge on any atom is 0.243 e. The summed E-state index contributed by atoms with van der Waals surface area (Å²) < 4.78 is 18.1. The summed E-state index contributed by atoms with van der Waals surface area (Å²) in [6.45, 7) is 4.32. The van der Waals surface area contributed by atoms with Crippen LogP contribution in [0.4, 0.5) is 5.82 Å². The number of pyridine rings is 2. The number of anilines is 1. The van der Waals surface area contributed by atoms with E-state index in [1.54, 1.807) is 16.8 Å². The van der Waals surface area contributed by atoms with Crippen LogP contribution in [-0.2, 0) is 9.53 Å². The van der Waals surface area contributed by atoms with Crippen molar-refractivity contribution in [1.82, 2.24) is 24.9 Å². The minimum atomic E-state index is -0.257. The summed E-state index contributed by atoms with van der Waals surface area (Å²) in [5.74, 6) is 1.17. The predicted molar refractivity (Wildman–Crippen MR) is 137 cm³/mol. The topological polar surface area (TPSA) is 112 Å². The molecule has 4 heterocycles. The standard InChI is InChI=1S/C24H22Cl2N6O4/c1-4-20(33)31-15-10-36-9-14(15)30-19-6-16-12(8-27-19)5-13(24-28-11-29-32(16)24)21-22(25)17(34-2)7-18(35-3)23(21)26/h4-8,11,14-15H,1,9-10H2,2-3H3,(H,27,30)(H,31,33). The van der Waals surface area contributed by atoms with Crippen LogP contribution in [0.15, 0.2) is 43.4 Å². The van der Waals surface area contributed by atoms with Crippen molar-refractivity contribution in [1.29, 1.82) is 0 Å². The number of fused-ring (bicyclic) bond motifs is 3. The second-order valence-electron chi connectivity index (χ2n) is 8.07. The van der Waals surface area contributed by atoms with E-state index in [0.29, 0.717) is 57.3 Å². The zero-order valence-corrected chi connectivity index (χ0v) is 20.9. The second-order valence-corrected chi connectivity index (χ2v) is 8.83. The molecule has 0 aliphatic carbocycles. The van der Waals surface area contributed by atoms with Crippen molar-refractivity contribution in [2.24, 2.45) is 0 Å². The van der Waals surface area contributed by atoms with Gasteiger partial charge in [0.15, 0.2) is 5.65 Å². The number of aromatic nitrogens is 4. The van der Waals surface area contributed by atoms with Gasteiger partial charge in [-0.15, -0.1) is 0 Å². The van der Waals surface area contributed by atoms with Crippen molar-refractivity contribution >= 4 is 51.5 Å². The van der Waals surface area contributed by atoms with Crippen molar-refractivity contribution in [3.63, 3.8) is 0 Å². The third-order valence-corrected chi connectivity index (χ3v) is 6.75. The fourth-order valence-electron chi connectivity index (χ4n) is 4.23. The summed E-state index contributed by atoms with van der Waals surface area (Å²) in [5.41, 5.74) is 2.46. The summed E-state index contributed by atoms with van der Waals surface area (Å²) in [6, 6.07) is 5.02. The molecule has 0 spiro atoms. The lowest BCUT2D eigenvalue weighted by Crippen LogP contribution is -2.45. The number of nitrogens with one attached hydrogen (secondary N) is 2. The molecule has 0 saturated carbocycles. The Balaban J connectivity index is 1.59. The van der Waals surface area contributed by atoms with Crippen LogP contribution in [0.5, 0.6) is 11.5 Å². The van der Waals surface area contributed by atoms with Crippen LogP contribution in [0.25, 0.3) is 27.7 Å². The van der Waals surface area contributed by atoms with Crippen LogP contribution in [0, 0.1) is 0 Å². The quantitative estimate of drug-likeness (QED) is 0.349. The van der Waals surface area contributed by atoms with Crippen LogP contribution < -0.4 is 20.1 Å². The Morgan fingerprint density at radius 3 is 2.56 bits per heavy atom. The Labute approximate surface area is 216 Å². The van der Waals surface area contributed by atoms with Crippen LogP contribution in [0.2, 0.25) is 10.0 Å². The number of carbonyl (C=O) groups excluding carboxylic acids is 1. The fourth-order valence-corrected chi connectivity index (χ4v) is 4.93. The number of ether oxygens (including phenoxy) is 3. The molecule has 0 radical (unpaired) electrons. The Kier molecular flexibility index (Phi) is 6.57. The predicted octanol–water partition coefficient (Wildman–Crippen LogP) is 3.75. The molecule has 0 bridgehead atoms. The number of halogens is 2. The molecule has 3 aromatic heterocycles. The van der Waals surface area contributed by atoms with Crippen LogP contribution in [0.3, 0.4) is 0 Å². The number of hydrogen-bond donors (Lipinski definition) is 2. The number of hydrogen-bond acceptors (Lipinski definition) is 8.